The Bertz CT molecular complexity index is 419. The predicted molar refractivity (Wildman–Crippen MR) is 69.9 cm³/mol. The first-order valence-corrected chi connectivity index (χ1v) is 6.26. The zero-order chi connectivity index (χ0) is 11.7. The van der Waals surface area contributed by atoms with Crippen molar-refractivity contribution in [2.45, 2.75) is 26.3 Å². The van der Waals surface area contributed by atoms with E-state index >= 15 is 0 Å². The predicted octanol–water partition coefficient (Wildman–Crippen LogP) is 3.01. The topological polar surface area (TPSA) is 32.3 Å². The monoisotopic (exact) mass is 282 g/mol. The standard InChI is InChI=1S/C12H15BrN2O/c1-3-10-7-14-11-6-9(13)4-5-12(11)15(10)8(2)16/h4-6,10,14H,3,7H2,1-2H3/t10-/m0/s1. The summed E-state index contributed by atoms with van der Waals surface area (Å²) in [5.41, 5.74) is 2.00. The van der Waals surface area contributed by atoms with E-state index in [4.69, 9.17) is 0 Å². The first kappa shape index (κ1) is 11.5. The van der Waals surface area contributed by atoms with Gasteiger partial charge in [-0.25, -0.2) is 0 Å². The molecule has 4 heteroatoms. The SMILES string of the molecule is CC[C@H]1CNc2cc(Br)ccc2N1C(C)=O. The summed E-state index contributed by atoms with van der Waals surface area (Å²) >= 11 is 3.44. The van der Waals surface area contributed by atoms with Gasteiger partial charge in [-0.05, 0) is 24.6 Å². The molecule has 1 N–H and O–H groups in total. The van der Waals surface area contributed by atoms with Crippen molar-refractivity contribution in [1.82, 2.24) is 0 Å². The van der Waals surface area contributed by atoms with Crippen LogP contribution in [-0.2, 0) is 4.79 Å². The van der Waals surface area contributed by atoms with Gasteiger partial charge in [0.05, 0.1) is 17.4 Å². The second-order valence-corrected chi connectivity index (χ2v) is 4.91. The molecule has 2 rings (SSSR count). The average Bonchev–Trinajstić information content (AvgIpc) is 2.26. The fourth-order valence-electron chi connectivity index (χ4n) is 2.13. The van der Waals surface area contributed by atoms with Crippen LogP contribution in [0.2, 0.25) is 0 Å². The highest BCUT2D eigenvalue weighted by atomic mass is 79.9. The molecule has 1 aliphatic heterocycles. The van der Waals surface area contributed by atoms with Crippen LogP contribution in [0.1, 0.15) is 20.3 Å². The van der Waals surface area contributed by atoms with E-state index in [-0.39, 0.29) is 11.9 Å². The smallest absolute Gasteiger partial charge is 0.224 e. The van der Waals surface area contributed by atoms with Gasteiger partial charge >= 0.3 is 0 Å². The Morgan fingerprint density at radius 2 is 2.38 bits per heavy atom. The second-order valence-electron chi connectivity index (χ2n) is 3.99. The summed E-state index contributed by atoms with van der Waals surface area (Å²) in [6.07, 6.45) is 0.960. The first-order chi connectivity index (χ1) is 7.63. The summed E-state index contributed by atoms with van der Waals surface area (Å²) < 4.78 is 1.03. The van der Waals surface area contributed by atoms with Crippen molar-refractivity contribution in [3.05, 3.63) is 22.7 Å². The zero-order valence-electron chi connectivity index (χ0n) is 9.46. The van der Waals surface area contributed by atoms with Crippen LogP contribution in [0, 0.1) is 0 Å². The molecule has 1 aromatic rings. The lowest BCUT2D eigenvalue weighted by Gasteiger charge is -2.37. The summed E-state index contributed by atoms with van der Waals surface area (Å²) in [6.45, 7) is 4.55. The number of benzene rings is 1. The van der Waals surface area contributed by atoms with Gasteiger partial charge in [-0.1, -0.05) is 22.9 Å². The van der Waals surface area contributed by atoms with E-state index in [0.29, 0.717) is 0 Å². The Morgan fingerprint density at radius 3 is 3.00 bits per heavy atom. The molecule has 0 fully saturated rings. The molecule has 1 heterocycles. The molecule has 0 aliphatic carbocycles. The highest BCUT2D eigenvalue weighted by Gasteiger charge is 2.27. The third kappa shape index (κ3) is 1.94. The molecule has 0 saturated heterocycles. The van der Waals surface area contributed by atoms with Gasteiger partial charge in [0.2, 0.25) is 5.91 Å². The van der Waals surface area contributed by atoms with Crippen molar-refractivity contribution in [2.75, 3.05) is 16.8 Å². The van der Waals surface area contributed by atoms with Crippen LogP contribution in [0.4, 0.5) is 11.4 Å². The van der Waals surface area contributed by atoms with Crippen LogP contribution < -0.4 is 10.2 Å². The molecule has 0 aromatic heterocycles. The minimum Gasteiger partial charge on any atom is -0.381 e. The molecule has 3 nitrogen and oxygen atoms in total. The van der Waals surface area contributed by atoms with Crippen LogP contribution in [0.5, 0.6) is 0 Å². The molecule has 0 radical (unpaired) electrons. The Morgan fingerprint density at radius 1 is 1.62 bits per heavy atom. The van der Waals surface area contributed by atoms with Crippen LogP contribution in [0.3, 0.4) is 0 Å². The summed E-state index contributed by atoms with van der Waals surface area (Å²) in [4.78, 5) is 13.6. The molecule has 0 spiro atoms. The van der Waals surface area contributed by atoms with Gasteiger partial charge in [0.1, 0.15) is 0 Å². The van der Waals surface area contributed by atoms with Crippen LogP contribution >= 0.6 is 15.9 Å². The van der Waals surface area contributed by atoms with Crippen molar-refractivity contribution in [2.24, 2.45) is 0 Å². The highest BCUT2D eigenvalue weighted by molar-refractivity contribution is 9.10. The van der Waals surface area contributed by atoms with Gasteiger partial charge in [0.25, 0.3) is 0 Å². The Hall–Kier alpha value is -1.03. The molecule has 0 unspecified atom stereocenters. The van der Waals surface area contributed by atoms with Gasteiger partial charge in [-0.2, -0.15) is 0 Å². The van der Waals surface area contributed by atoms with Crippen LogP contribution in [0.25, 0.3) is 0 Å². The van der Waals surface area contributed by atoms with Crippen LogP contribution in [0.15, 0.2) is 22.7 Å². The number of anilines is 2. The fourth-order valence-corrected chi connectivity index (χ4v) is 2.49. The molecule has 1 aromatic carbocycles. The van der Waals surface area contributed by atoms with E-state index in [1.165, 1.54) is 0 Å². The number of fused-ring (bicyclic) bond motifs is 1. The third-order valence-electron chi connectivity index (χ3n) is 2.92. The lowest BCUT2D eigenvalue weighted by molar-refractivity contribution is -0.117. The van der Waals surface area contributed by atoms with E-state index in [9.17, 15) is 4.79 Å². The number of nitrogens with zero attached hydrogens (tertiary/aromatic N) is 1. The number of amides is 1. The Labute approximate surface area is 104 Å². The van der Waals surface area contributed by atoms with Gasteiger partial charge in [0.15, 0.2) is 0 Å². The van der Waals surface area contributed by atoms with Crippen molar-refractivity contribution in [1.29, 1.82) is 0 Å². The molecule has 1 amide bonds. The van der Waals surface area contributed by atoms with E-state index in [2.05, 4.69) is 28.2 Å². The molecular weight excluding hydrogens is 268 g/mol. The molecule has 16 heavy (non-hydrogen) atoms. The van der Waals surface area contributed by atoms with Crippen molar-refractivity contribution < 1.29 is 4.79 Å². The maximum Gasteiger partial charge on any atom is 0.224 e. The van der Waals surface area contributed by atoms with E-state index in [1.807, 2.05) is 23.1 Å². The zero-order valence-corrected chi connectivity index (χ0v) is 11.0. The molecule has 0 bridgehead atoms. The molecule has 86 valence electrons. The average molecular weight is 283 g/mol. The van der Waals surface area contributed by atoms with Gasteiger partial charge in [-0.3, -0.25) is 4.79 Å². The lowest BCUT2D eigenvalue weighted by atomic mass is 10.1. The summed E-state index contributed by atoms with van der Waals surface area (Å²) in [5, 5.41) is 3.37. The molecule has 0 saturated carbocycles. The number of carbonyl (C=O) groups is 1. The summed E-state index contributed by atoms with van der Waals surface area (Å²) in [6, 6.07) is 6.22. The summed E-state index contributed by atoms with van der Waals surface area (Å²) in [5.74, 6) is 0.108. The lowest BCUT2D eigenvalue weighted by Crippen LogP contribution is -2.46. The van der Waals surface area contributed by atoms with Crippen molar-refractivity contribution in [3.8, 4) is 0 Å². The Balaban J connectivity index is 2.45. The van der Waals surface area contributed by atoms with E-state index in [1.54, 1.807) is 6.92 Å². The normalized spacial score (nSPS) is 18.9. The number of hydrogen-bond donors (Lipinski definition) is 1. The minimum absolute atomic E-state index is 0.108. The number of rotatable bonds is 1. The number of hydrogen-bond acceptors (Lipinski definition) is 2. The van der Waals surface area contributed by atoms with E-state index < -0.39 is 0 Å². The third-order valence-corrected chi connectivity index (χ3v) is 3.42. The van der Waals surface area contributed by atoms with Crippen molar-refractivity contribution >= 4 is 33.2 Å². The quantitative estimate of drug-likeness (QED) is 0.859. The molecule has 1 atom stereocenters. The largest absolute Gasteiger partial charge is 0.381 e. The van der Waals surface area contributed by atoms with Gasteiger partial charge < -0.3 is 10.2 Å². The van der Waals surface area contributed by atoms with Crippen LogP contribution in [-0.4, -0.2) is 18.5 Å². The fraction of sp³-hybridized carbons (Fsp3) is 0.417. The second kappa shape index (κ2) is 4.45. The molecular formula is C12H15BrN2O. The van der Waals surface area contributed by atoms with Gasteiger partial charge in [-0.15, -0.1) is 0 Å². The maximum absolute atomic E-state index is 11.7. The number of halogens is 1. The maximum atomic E-state index is 11.7. The highest BCUT2D eigenvalue weighted by Crippen LogP contribution is 2.34. The number of nitrogens with one attached hydrogen (secondary N) is 1. The first-order valence-electron chi connectivity index (χ1n) is 5.46. The van der Waals surface area contributed by atoms with E-state index in [0.717, 1.165) is 28.8 Å². The Kier molecular flexibility index (Phi) is 3.19. The van der Waals surface area contributed by atoms with Gasteiger partial charge in [0, 0.05) is 17.9 Å². The number of carbonyl (C=O) groups excluding carboxylic acids is 1. The summed E-state index contributed by atoms with van der Waals surface area (Å²) in [7, 11) is 0. The van der Waals surface area contributed by atoms with Crippen molar-refractivity contribution in [3.63, 3.8) is 0 Å². The minimum atomic E-state index is 0.108. The molecule has 1 aliphatic rings.